The maximum atomic E-state index is 6.39. The molecule has 0 aliphatic carbocycles. The zero-order valence-electron chi connectivity index (χ0n) is 12.3. The molecular formula is C15H25ClN2OS. The van der Waals surface area contributed by atoms with E-state index in [1.165, 1.54) is 11.3 Å². The van der Waals surface area contributed by atoms with Crippen molar-refractivity contribution >= 4 is 22.9 Å². The zero-order chi connectivity index (χ0) is 14.5. The van der Waals surface area contributed by atoms with E-state index in [0.717, 1.165) is 36.9 Å². The first-order valence-electron chi connectivity index (χ1n) is 7.52. The molecule has 1 aromatic rings. The molecule has 114 valence electrons. The molecule has 3 nitrogen and oxygen atoms in total. The summed E-state index contributed by atoms with van der Waals surface area (Å²) < 4.78 is 6.65. The molecule has 2 rings (SSSR count). The van der Waals surface area contributed by atoms with Gasteiger partial charge >= 0.3 is 0 Å². The Balaban J connectivity index is 2.14. The number of piperidine rings is 1. The summed E-state index contributed by atoms with van der Waals surface area (Å²) in [6.07, 6.45) is 3.65. The summed E-state index contributed by atoms with van der Waals surface area (Å²) >= 11 is 7.75. The minimum Gasteiger partial charge on any atom is -0.377 e. The third kappa shape index (κ3) is 3.95. The van der Waals surface area contributed by atoms with Gasteiger partial charge in [0.05, 0.1) is 16.5 Å². The molecule has 1 saturated heterocycles. The van der Waals surface area contributed by atoms with E-state index >= 15 is 0 Å². The Morgan fingerprint density at radius 3 is 2.90 bits per heavy atom. The van der Waals surface area contributed by atoms with Gasteiger partial charge in [-0.2, -0.15) is 0 Å². The van der Waals surface area contributed by atoms with Gasteiger partial charge in [-0.15, -0.1) is 11.3 Å². The number of nitrogens with two attached hydrogens (primary N) is 1. The average Bonchev–Trinajstić information content (AvgIpc) is 2.86. The van der Waals surface area contributed by atoms with Crippen LogP contribution in [-0.2, 0) is 4.74 Å². The lowest BCUT2D eigenvalue weighted by Gasteiger charge is -2.40. The van der Waals surface area contributed by atoms with E-state index in [4.69, 9.17) is 22.1 Å². The fraction of sp³-hybridized carbons (Fsp3) is 0.733. The van der Waals surface area contributed by atoms with Crippen LogP contribution in [-0.4, -0.2) is 36.7 Å². The van der Waals surface area contributed by atoms with Crippen LogP contribution in [0, 0.1) is 0 Å². The molecule has 1 aliphatic rings. The van der Waals surface area contributed by atoms with Crippen LogP contribution in [0.1, 0.15) is 44.0 Å². The zero-order valence-corrected chi connectivity index (χ0v) is 13.9. The Hall–Kier alpha value is -0.130. The van der Waals surface area contributed by atoms with Gasteiger partial charge in [-0.25, -0.2) is 0 Å². The first-order chi connectivity index (χ1) is 9.65. The highest BCUT2D eigenvalue weighted by molar-refractivity contribution is 7.16. The summed E-state index contributed by atoms with van der Waals surface area (Å²) in [5, 5.41) is 0. The summed E-state index contributed by atoms with van der Waals surface area (Å²) in [5.41, 5.74) is 6.39. The van der Waals surface area contributed by atoms with Crippen LogP contribution in [0.2, 0.25) is 4.34 Å². The molecule has 20 heavy (non-hydrogen) atoms. The number of nitrogens with zero attached hydrogens (tertiary/aromatic N) is 1. The van der Waals surface area contributed by atoms with Crippen molar-refractivity contribution in [3.8, 4) is 0 Å². The fourth-order valence-corrected chi connectivity index (χ4v) is 4.23. The molecule has 0 saturated carbocycles. The molecule has 0 radical (unpaired) electrons. The molecule has 0 aromatic carbocycles. The van der Waals surface area contributed by atoms with Crippen molar-refractivity contribution < 1.29 is 4.74 Å². The van der Waals surface area contributed by atoms with Gasteiger partial charge in [-0.1, -0.05) is 18.5 Å². The molecule has 5 heteroatoms. The van der Waals surface area contributed by atoms with E-state index in [1.54, 1.807) is 11.3 Å². The SMILES string of the molecule is CCOC1CCCN(C(c2ccc(Cl)s2)C(N)CC)C1. The summed E-state index contributed by atoms with van der Waals surface area (Å²) in [6.45, 7) is 7.07. The number of ether oxygens (including phenoxy) is 1. The Morgan fingerprint density at radius 2 is 2.30 bits per heavy atom. The monoisotopic (exact) mass is 316 g/mol. The fourth-order valence-electron chi connectivity index (χ4n) is 2.96. The summed E-state index contributed by atoms with van der Waals surface area (Å²) in [6, 6.07) is 4.50. The first kappa shape index (κ1) is 16.2. The van der Waals surface area contributed by atoms with Crippen molar-refractivity contribution in [3.63, 3.8) is 0 Å². The third-order valence-corrected chi connectivity index (χ3v) is 5.27. The second-order valence-corrected chi connectivity index (χ2v) is 7.12. The van der Waals surface area contributed by atoms with Crippen molar-refractivity contribution in [3.05, 3.63) is 21.3 Å². The number of halogens is 1. The third-order valence-electron chi connectivity index (χ3n) is 3.97. The van der Waals surface area contributed by atoms with E-state index in [9.17, 15) is 0 Å². The topological polar surface area (TPSA) is 38.5 Å². The molecule has 1 aliphatic heterocycles. The van der Waals surface area contributed by atoms with Gasteiger partial charge in [0.15, 0.2) is 0 Å². The number of rotatable bonds is 6. The lowest BCUT2D eigenvalue weighted by molar-refractivity contribution is -0.0110. The molecule has 3 atom stereocenters. The van der Waals surface area contributed by atoms with Gasteiger partial charge in [0.25, 0.3) is 0 Å². The van der Waals surface area contributed by atoms with Crippen LogP contribution < -0.4 is 5.73 Å². The number of hydrogen-bond acceptors (Lipinski definition) is 4. The predicted octanol–water partition coefficient (Wildman–Crippen LogP) is 3.68. The second-order valence-electron chi connectivity index (χ2n) is 5.37. The normalized spacial score (nSPS) is 23.7. The van der Waals surface area contributed by atoms with E-state index in [0.29, 0.717) is 6.10 Å². The summed E-state index contributed by atoms with van der Waals surface area (Å²) in [7, 11) is 0. The summed E-state index contributed by atoms with van der Waals surface area (Å²) in [4.78, 5) is 3.77. The lowest BCUT2D eigenvalue weighted by atomic mass is 9.98. The highest BCUT2D eigenvalue weighted by Crippen LogP contribution is 2.34. The van der Waals surface area contributed by atoms with Gasteiger partial charge < -0.3 is 10.5 Å². The molecular weight excluding hydrogens is 292 g/mol. The quantitative estimate of drug-likeness (QED) is 0.870. The average molecular weight is 317 g/mol. The van der Waals surface area contributed by atoms with Gasteiger partial charge in [0, 0.05) is 24.1 Å². The standard InChI is InChI=1S/C15H25ClN2OS/c1-3-12(17)15(13-7-8-14(16)20-13)18-9-5-6-11(10-18)19-4-2/h7-8,11-12,15H,3-6,9-10,17H2,1-2H3. The van der Waals surface area contributed by atoms with Crippen molar-refractivity contribution in [2.45, 2.75) is 51.3 Å². The number of hydrogen-bond donors (Lipinski definition) is 1. The van der Waals surface area contributed by atoms with E-state index in [-0.39, 0.29) is 12.1 Å². The molecule has 0 amide bonds. The molecule has 2 heterocycles. The predicted molar refractivity (Wildman–Crippen MR) is 86.6 cm³/mol. The molecule has 0 spiro atoms. The maximum absolute atomic E-state index is 6.39. The maximum Gasteiger partial charge on any atom is 0.0931 e. The largest absolute Gasteiger partial charge is 0.377 e. The first-order valence-corrected chi connectivity index (χ1v) is 8.71. The molecule has 3 unspecified atom stereocenters. The minimum atomic E-state index is 0.144. The second kappa shape index (κ2) is 7.76. The molecule has 1 fully saturated rings. The smallest absolute Gasteiger partial charge is 0.0931 e. The van der Waals surface area contributed by atoms with Crippen LogP contribution in [0.4, 0.5) is 0 Å². The van der Waals surface area contributed by atoms with Crippen LogP contribution >= 0.6 is 22.9 Å². The number of thiophene rings is 1. The van der Waals surface area contributed by atoms with Crippen LogP contribution in [0.15, 0.2) is 12.1 Å². The Labute approximate surface area is 131 Å². The van der Waals surface area contributed by atoms with Crippen molar-refractivity contribution in [2.75, 3.05) is 19.7 Å². The lowest BCUT2D eigenvalue weighted by Crippen LogP contribution is -2.47. The Bertz CT molecular complexity index is 410. The molecule has 2 N–H and O–H groups in total. The minimum absolute atomic E-state index is 0.144. The number of likely N-dealkylation sites (tertiary alicyclic amines) is 1. The van der Waals surface area contributed by atoms with Crippen molar-refractivity contribution in [1.29, 1.82) is 0 Å². The van der Waals surface area contributed by atoms with Crippen LogP contribution in [0.3, 0.4) is 0 Å². The van der Waals surface area contributed by atoms with E-state index in [1.807, 2.05) is 6.07 Å². The van der Waals surface area contributed by atoms with E-state index < -0.39 is 0 Å². The Morgan fingerprint density at radius 1 is 1.50 bits per heavy atom. The Kier molecular flexibility index (Phi) is 6.30. The highest BCUT2D eigenvalue weighted by Gasteiger charge is 2.31. The van der Waals surface area contributed by atoms with E-state index in [2.05, 4.69) is 24.8 Å². The van der Waals surface area contributed by atoms with Gasteiger partial charge in [-0.05, 0) is 44.9 Å². The molecule has 0 bridgehead atoms. The van der Waals surface area contributed by atoms with Crippen LogP contribution in [0.25, 0.3) is 0 Å². The van der Waals surface area contributed by atoms with Gasteiger partial charge in [-0.3, -0.25) is 4.90 Å². The van der Waals surface area contributed by atoms with Crippen molar-refractivity contribution in [2.24, 2.45) is 5.73 Å². The van der Waals surface area contributed by atoms with Gasteiger partial charge in [0.1, 0.15) is 0 Å². The summed E-state index contributed by atoms with van der Waals surface area (Å²) in [5.74, 6) is 0. The molecule has 1 aromatic heterocycles. The van der Waals surface area contributed by atoms with Crippen LogP contribution in [0.5, 0.6) is 0 Å². The van der Waals surface area contributed by atoms with Crippen molar-refractivity contribution in [1.82, 2.24) is 4.90 Å². The highest BCUT2D eigenvalue weighted by atomic mass is 35.5. The van der Waals surface area contributed by atoms with Gasteiger partial charge in [0.2, 0.25) is 0 Å².